The first-order valence-electron chi connectivity index (χ1n) is 6.53. The fourth-order valence-corrected chi connectivity index (χ4v) is 3.81. The minimum Gasteiger partial charge on any atom is -0.353 e. The molecule has 0 saturated heterocycles. The van der Waals surface area contributed by atoms with Crippen molar-refractivity contribution < 1.29 is 0 Å². The Hall–Kier alpha value is -1.64. The topological polar surface area (TPSA) is 72.3 Å². The van der Waals surface area contributed by atoms with Gasteiger partial charge in [-0.3, -0.25) is 0 Å². The molecule has 0 bridgehead atoms. The lowest BCUT2D eigenvalue weighted by molar-refractivity contribution is 0.875. The predicted octanol–water partition coefficient (Wildman–Crippen LogP) is 1.90. The Kier molecular flexibility index (Phi) is 4.09. The van der Waals surface area contributed by atoms with Crippen molar-refractivity contribution in [3.8, 4) is 0 Å². The van der Waals surface area contributed by atoms with Crippen LogP contribution in [0, 0.1) is 0 Å². The van der Waals surface area contributed by atoms with Gasteiger partial charge in [0.1, 0.15) is 10.7 Å². The number of pyridine rings is 1. The van der Waals surface area contributed by atoms with Crippen LogP contribution >= 0.6 is 23.1 Å². The Labute approximate surface area is 131 Å². The maximum absolute atomic E-state index is 5.73. The number of aromatic nitrogens is 4. The summed E-state index contributed by atoms with van der Waals surface area (Å²) in [5.74, 6) is 0. The molecule has 21 heavy (non-hydrogen) atoms. The minimum atomic E-state index is 0.593. The fraction of sp³-hybridized carbons (Fsp3) is 0.308. The van der Waals surface area contributed by atoms with Crippen LogP contribution < -0.4 is 10.6 Å². The maximum atomic E-state index is 5.73. The smallest absolute Gasteiger partial charge is 0.208 e. The summed E-state index contributed by atoms with van der Waals surface area (Å²) in [6, 6.07) is 5.98. The third-order valence-corrected chi connectivity index (χ3v) is 5.10. The Balaban J connectivity index is 1.96. The lowest BCUT2D eigenvalue weighted by Gasteiger charge is -2.03. The van der Waals surface area contributed by atoms with E-state index in [1.54, 1.807) is 23.1 Å². The van der Waals surface area contributed by atoms with Gasteiger partial charge >= 0.3 is 0 Å². The van der Waals surface area contributed by atoms with Crippen molar-refractivity contribution in [2.45, 2.75) is 15.8 Å². The number of nitrogens with two attached hydrogens (primary N) is 1. The first kappa shape index (κ1) is 14.3. The van der Waals surface area contributed by atoms with Crippen LogP contribution in [0.2, 0.25) is 0 Å². The molecule has 0 spiro atoms. The van der Waals surface area contributed by atoms with Crippen molar-refractivity contribution in [1.29, 1.82) is 0 Å². The number of imidazole rings is 1. The SMILES string of the molecule is CN(C)c1nnc(Sc2nc3ccccn3c2CCN)s1. The van der Waals surface area contributed by atoms with Crippen LogP contribution in [0.3, 0.4) is 0 Å². The van der Waals surface area contributed by atoms with Crippen LogP contribution in [0.25, 0.3) is 5.65 Å². The van der Waals surface area contributed by atoms with Crippen LogP contribution in [0.5, 0.6) is 0 Å². The number of fused-ring (bicyclic) bond motifs is 1. The van der Waals surface area contributed by atoms with Crippen molar-refractivity contribution >= 4 is 33.9 Å². The van der Waals surface area contributed by atoms with Crippen LogP contribution in [-0.4, -0.2) is 40.2 Å². The average molecular weight is 320 g/mol. The largest absolute Gasteiger partial charge is 0.353 e. The lowest BCUT2D eigenvalue weighted by atomic mass is 10.3. The van der Waals surface area contributed by atoms with Gasteiger partial charge in [-0.2, -0.15) is 0 Å². The summed E-state index contributed by atoms with van der Waals surface area (Å²) >= 11 is 3.11. The standard InChI is InChI=1S/C13H16N6S2/c1-18(2)12-16-17-13(21-12)20-11-9(6-7-14)19-8-4-3-5-10(19)15-11/h3-5,8H,6-7,14H2,1-2H3. The van der Waals surface area contributed by atoms with E-state index in [4.69, 9.17) is 5.73 Å². The van der Waals surface area contributed by atoms with Gasteiger partial charge < -0.3 is 15.0 Å². The van der Waals surface area contributed by atoms with Gasteiger partial charge in [-0.05, 0) is 30.4 Å². The number of nitrogens with zero attached hydrogens (tertiary/aromatic N) is 5. The van der Waals surface area contributed by atoms with Crippen LogP contribution in [-0.2, 0) is 6.42 Å². The highest BCUT2D eigenvalue weighted by Gasteiger charge is 2.15. The summed E-state index contributed by atoms with van der Waals surface area (Å²) in [5, 5.41) is 10.2. The monoisotopic (exact) mass is 320 g/mol. The van der Waals surface area contributed by atoms with Crippen LogP contribution in [0.15, 0.2) is 33.8 Å². The van der Waals surface area contributed by atoms with Crippen molar-refractivity contribution in [1.82, 2.24) is 19.6 Å². The fourth-order valence-electron chi connectivity index (χ4n) is 1.98. The molecule has 8 heteroatoms. The van der Waals surface area contributed by atoms with Gasteiger partial charge in [-0.1, -0.05) is 17.4 Å². The van der Waals surface area contributed by atoms with E-state index in [0.29, 0.717) is 6.54 Å². The van der Waals surface area contributed by atoms with E-state index in [-0.39, 0.29) is 0 Å². The maximum Gasteiger partial charge on any atom is 0.208 e. The molecule has 2 N–H and O–H groups in total. The Bertz CT molecular complexity index is 748. The number of rotatable bonds is 5. The Morgan fingerprint density at radius 2 is 2.19 bits per heavy atom. The molecule has 3 aromatic heterocycles. The Morgan fingerprint density at radius 1 is 1.33 bits per heavy atom. The molecular formula is C13H16N6S2. The summed E-state index contributed by atoms with van der Waals surface area (Å²) in [6.45, 7) is 0.593. The van der Waals surface area contributed by atoms with E-state index in [1.807, 2.05) is 43.4 Å². The first-order chi connectivity index (χ1) is 10.2. The van der Waals surface area contributed by atoms with Gasteiger partial charge in [0.05, 0.1) is 5.69 Å². The highest BCUT2D eigenvalue weighted by atomic mass is 32.2. The van der Waals surface area contributed by atoms with Gasteiger partial charge in [0.25, 0.3) is 0 Å². The zero-order chi connectivity index (χ0) is 14.8. The van der Waals surface area contributed by atoms with E-state index >= 15 is 0 Å². The predicted molar refractivity (Wildman–Crippen MR) is 86.3 cm³/mol. The molecule has 3 rings (SSSR count). The quantitative estimate of drug-likeness (QED) is 0.774. The van der Waals surface area contributed by atoms with Gasteiger partial charge in [0.15, 0.2) is 4.34 Å². The zero-order valence-electron chi connectivity index (χ0n) is 11.9. The average Bonchev–Trinajstić information content (AvgIpc) is 3.06. The second-order valence-corrected chi connectivity index (χ2v) is 6.87. The number of hydrogen-bond acceptors (Lipinski definition) is 7. The Morgan fingerprint density at radius 3 is 2.90 bits per heavy atom. The van der Waals surface area contributed by atoms with Crippen molar-refractivity contribution in [3.05, 3.63) is 30.1 Å². The number of hydrogen-bond donors (Lipinski definition) is 1. The third-order valence-electron chi connectivity index (χ3n) is 2.94. The molecule has 0 aliphatic rings. The van der Waals surface area contributed by atoms with Crippen LogP contribution in [0.4, 0.5) is 5.13 Å². The van der Waals surface area contributed by atoms with Crippen LogP contribution in [0.1, 0.15) is 5.69 Å². The molecule has 0 fully saturated rings. The molecule has 0 amide bonds. The summed E-state index contributed by atoms with van der Waals surface area (Å²) in [6.07, 6.45) is 2.80. The van der Waals surface area contributed by atoms with E-state index in [9.17, 15) is 0 Å². The van der Waals surface area contributed by atoms with Gasteiger partial charge in [0, 0.05) is 26.7 Å². The molecule has 0 unspecified atom stereocenters. The minimum absolute atomic E-state index is 0.593. The summed E-state index contributed by atoms with van der Waals surface area (Å²) in [4.78, 5) is 6.63. The molecule has 3 aromatic rings. The van der Waals surface area contributed by atoms with E-state index < -0.39 is 0 Å². The number of anilines is 1. The first-order valence-corrected chi connectivity index (χ1v) is 8.17. The molecule has 0 atom stereocenters. The second-order valence-electron chi connectivity index (χ2n) is 4.68. The summed E-state index contributed by atoms with van der Waals surface area (Å²) < 4.78 is 2.98. The van der Waals surface area contributed by atoms with Gasteiger partial charge in [0.2, 0.25) is 5.13 Å². The summed E-state index contributed by atoms with van der Waals surface area (Å²) in [7, 11) is 3.92. The molecule has 0 saturated carbocycles. The molecule has 0 aliphatic heterocycles. The summed E-state index contributed by atoms with van der Waals surface area (Å²) in [5.41, 5.74) is 7.79. The van der Waals surface area contributed by atoms with Gasteiger partial charge in [-0.15, -0.1) is 10.2 Å². The second kappa shape index (κ2) is 6.00. The zero-order valence-corrected chi connectivity index (χ0v) is 13.5. The van der Waals surface area contributed by atoms with Gasteiger partial charge in [-0.25, -0.2) is 4.98 Å². The highest BCUT2D eigenvalue weighted by molar-refractivity contribution is 8.01. The normalized spacial score (nSPS) is 11.2. The molecule has 0 aliphatic carbocycles. The lowest BCUT2D eigenvalue weighted by Crippen LogP contribution is -2.07. The molecule has 6 nitrogen and oxygen atoms in total. The molecule has 110 valence electrons. The molecule has 0 radical (unpaired) electrons. The molecule has 3 heterocycles. The third kappa shape index (κ3) is 2.87. The molecule has 0 aromatic carbocycles. The highest BCUT2D eigenvalue weighted by Crippen LogP contribution is 2.34. The van der Waals surface area contributed by atoms with Crippen molar-refractivity contribution in [2.24, 2.45) is 5.73 Å². The van der Waals surface area contributed by atoms with E-state index in [1.165, 1.54) is 0 Å². The molecular weight excluding hydrogens is 304 g/mol. The van der Waals surface area contributed by atoms with E-state index in [2.05, 4.69) is 19.6 Å². The van der Waals surface area contributed by atoms with Crippen molar-refractivity contribution in [3.63, 3.8) is 0 Å². The van der Waals surface area contributed by atoms with E-state index in [0.717, 1.165) is 32.3 Å². The van der Waals surface area contributed by atoms with Crippen molar-refractivity contribution in [2.75, 3.05) is 25.5 Å².